The van der Waals surface area contributed by atoms with E-state index >= 15 is 0 Å². The largest absolute Gasteiger partial charge is 0.345 e. The molecule has 0 atom stereocenters. The summed E-state index contributed by atoms with van der Waals surface area (Å²) in [6, 6.07) is 7.96. The van der Waals surface area contributed by atoms with Gasteiger partial charge < -0.3 is 15.3 Å². The molecule has 7 nitrogen and oxygen atoms in total. The smallest absolute Gasteiger partial charge is 0.253 e. The molecule has 3 N–H and O–H groups in total. The molecule has 0 aliphatic rings. The van der Waals surface area contributed by atoms with Crippen LogP contribution in [0.4, 0.5) is 4.39 Å². The molecule has 1 aromatic carbocycles. The minimum atomic E-state index is -0.522. The van der Waals surface area contributed by atoms with Crippen LogP contribution in [0.3, 0.4) is 0 Å². The van der Waals surface area contributed by atoms with Crippen molar-refractivity contribution in [3.05, 3.63) is 58.5 Å². The third-order valence-electron chi connectivity index (χ3n) is 3.63. The highest BCUT2D eigenvalue weighted by atomic mass is 32.1. The molecule has 0 bridgehead atoms. The Balaban J connectivity index is 1.64. The summed E-state index contributed by atoms with van der Waals surface area (Å²) in [5.41, 5.74) is 1.76. The quantitative estimate of drug-likeness (QED) is 0.498. The number of hydrogen-bond donors (Lipinski definition) is 3. The molecule has 0 saturated heterocycles. The summed E-state index contributed by atoms with van der Waals surface area (Å²) in [4.78, 5) is 18.1. The summed E-state index contributed by atoms with van der Waals surface area (Å²) < 4.78 is 15.8. The molecule has 3 aromatic heterocycles. The van der Waals surface area contributed by atoms with Gasteiger partial charge in [-0.2, -0.15) is 0 Å². The molecule has 0 fully saturated rings. The molecule has 24 heavy (non-hydrogen) atoms. The van der Waals surface area contributed by atoms with E-state index in [0.717, 1.165) is 0 Å². The summed E-state index contributed by atoms with van der Waals surface area (Å²) in [6.07, 6.45) is 1.81. The second kappa shape index (κ2) is 5.53. The Labute approximate surface area is 139 Å². The number of carbonyl (C=O) groups is 1. The molecule has 0 radical (unpaired) electrons. The van der Waals surface area contributed by atoms with Crippen LogP contribution in [0.2, 0.25) is 0 Å². The van der Waals surface area contributed by atoms with Crippen LogP contribution in [0.25, 0.3) is 16.7 Å². The lowest BCUT2D eigenvalue weighted by atomic mass is 10.1. The van der Waals surface area contributed by atoms with Gasteiger partial charge in [0.1, 0.15) is 5.82 Å². The van der Waals surface area contributed by atoms with Crippen molar-refractivity contribution < 1.29 is 9.18 Å². The van der Waals surface area contributed by atoms with E-state index in [9.17, 15) is 9.18 Å². The second-order valence-corrected chi connectivity index (χ2v) is 5.59. The maximum absolute atomic E-state index is 13.7. The Hall–Kier alpha value is -3.07. The number of rotatable bonds is 3. The number of aromatic amines is 2. The number of nitrogens with one attached hydrogen (secondary N) is 3. The number of carbonyl (C=O) groups excluding carboxylic acids is 1. The number of fused-ring (bicyclic) bond motifs is 2. The van der Waals surface area contributed by atoms with E-state index in [1.54, 1.807) is 10.6 Å². The number of aromatic nitrogens is 5. The lowest BCUT2D eigenvalue weighted by molar-refractivity contribution is 0.0951. The minimum absolute atomic E-state index is 0.160. The van der Waals surface area contributed by atoms with Gasteiger partial charge in [-0.05, 0) is 36.5 Å². The van der Waals surface area contributed by atoms with Gasteiger partial charge >= 0.3 is 0 Å². The molecule has 0 saturated carbocycles. The van der Waals surface area contributed by atoms with Crippen molar-refractivity contribution in [1.29, 1.82) is 0 Å². The lowest BCUT2D eigenvalue weighted by Crippen LogP contribution is -2.24. The van der Waals surface area contributed by atoms with E-state index < -0.39 is 11.7 Å². The molecule has 0 spiro atoms. The number of hydrogen-bond acceptors (Lipinski definition) is 4. The van der Waals surface area contributed by atoms with Crippen LogP contribution >= 0.6 is 12.2 Å². The third kappa shape index (κ3) is 2.44. The number of pyridine rings is 1. The van der Waals surface area contributed by atoms with Crippen LogP contribution in [0.5, 0.6) is 0 Å². The second-order valence-electron chi connectivity index (χ2n) is 5.18. The molecular weight excluding hydrogens is 331 g/mol. The Kier molecular flexibility index (Phi) is 3.35. The zero-order valence-corrected chi connectivity index (χ0v) is 13.0. The van der Waals surface area contributed by atoms with Gasteiger partial charge in [0.2, 0.25) is 0 Å². The van der Waals surface area contributed by atoms with Crippen molar-refractivity contribution in [2.45, 2.75) is 6.54 Å². The highest BCUT2D eigenvalue weighted by Gasteiger charge is 2.15. The normalized spacial score (nSPS) is 11.2. The predicted octanol–water partition coefficient (Wildman–Crippen LogP) is 2.34. The fraction of sp³-hybridized carbons (Fsp3) is 0.0667. The number of H-pyrrole nitrogens is 2. The molecule has 0 aliphatic heterocycles. The van der Waals surface area contributed by atoms with Gasteiger partial charge in [-0.25, -0.2) is 4.39 Å². The highest BCUT2D eigenvalue weighted by molar-refractivity contribution is 7.71. The van der Waals surface area contributed by atoms with Crippen LogP contribution in [0.15, 0.2) is 36.5 Å². The number of nitrogens with zero attached hydrogens (tertiary/aromatic N) is 3. The fourth-order valence-electron chi connectivity index (χ4n) is 2.55. The minimum Gasteiger partial charge on any atom is -0.345 e. The zero-order chi connectivity index (χ0) is 16.7. The van der Waals surface area contributed by atoms with Gasteiger partial charge in [0.25, 0.3) is 5.91 Å². The van der Waals surface area contributed by atoms with Crippen molar-refractivity contribution in [2.24, 2.45) is 0 Å². The SMILES string of the molecule is O=C(NCc1nnc2ccccn12)c1cc(F)cc2[nH]c(=S)[nH]c12. The predicted molar refractivity (Wildman–Crippen MR) is 87.6 cm³/mol. The number of benzene rings is 1. The Morgan fingerprint density at radius 1 is 1.29 bits per heavy atom. The molecular formula is C15H11FN6OS. The summed E-state index contributed by atoms with van der Waals surface area (Å²) >= 11 is 5.00. The first kappa shape index (κ1) is 14.5. The average Bonchev–Trinajstić information content (AvgIpc) is 3.14. The third-order valence-corrected chi connectivity index (χ3v) is 3.83. The molecule has 9 heteroatoms. The summed E-state index contributed by atoms with van der Waals surface area (Å²) in [6.45, 7) is 0.160. The number of halogens is 1. The van der Waals surface area contributed by atoms with Gasteiger partial charge in [-0.1, -0.05) is 6.07 Å². The van der Waals surface area contributed by atoms with Crippen molar-refractivity contribution in [3.8, 4) is 0 Å². The van der Waals surface area contributed by atoms with Gasteiger partial charge in [0.15, 0.2) is 16.2 Å². The van der Waals surface area contributed by atoms with E-state index in [4.69, 9.17) is 12.2 Å². The summed E-state index contributed by atoms with van der Waals surface area (Å²) in [5.74, 6) is -0.378. The summed E-state index contributed by atoms with van der Waals surface area (Å²) in [7, 11) is 0. The highest BCUT2D eigenvalue weighted by Crippen LogP contribution is 2.18. The Morgan fingerprint density at radius 3 is 3.04 bits per heavy atom. The Morgan fingerprint density at radius 2 is 2.17 bits per heavy atom. The number of amides is 1. The van der Waals surface area contributed by atoms with E-state index in [0.29, 0.717) is 27.3 Å². The maximum Gasteiger partial charge on any atom is 0.253 e. The fourth-order valence-corrected chi connectivity index (χ4v) is 2.76. The average molecular weight is 342 g/mol. The Bertz CT molecular complexity index is 1130. The van der Waals surface area contributed by atoms with E-state index in [1.807, 2.05) is 18.2 Å². The molecule has 3 heterocycles. The van der Waals surface area contributed by atoms with Gasteiger partial charge in [-0.3, -0.25) is 9.20 Å². The van der Waals surface area contributed by atoms with Crippen molar-refractivity contribution in [1.82, 2.24) is 29.9 Å². The molecule has 120 valence electrons. The lowest BCUT2D eigenvalue weighted by Gasteiger charge is -2.05. The molecule has 0 unspecified atom stereocenters. The molecule has 4 rings (SSSR count). The van der Waals surface area contributed by atoms with Gasteiger partial charge in [0.05, 0.1) is 23.1 Å². The van der Waals surface area contributed by atoms with E-state index in [-0.39, 0.29) is 12.1 Å². The molecule has 4 aromatic rings. The first-order valence-corrected chi connectivity index (χ1v) is 7.51. The standard InChI is InChI=1S/C15H11FN6OS/c16-8-5-9(13-10(6-8)18-15(24)19-13)14(23)17-7-12-21-20-11-3-1-2-4-22(11)12/h1-6H,7H2,(H,17,23)(H2,18,19,24). The van der Waals surface area contributed by atoms with E-state index in [2.05, 4.69) is 25.5 Å². The zero-order valence-electron chi connectivity index (χ0n) is 12.2. The van der Waals surface area contributed by atoms with E-state index in [1.165, 1.54) is 12.1 Å². The number of imidazole rings is 1. The van der Waals surface area contributed by atoms with Crippen LogP contribution < -0.4 is 5.32 Å². The van der Waals surface area contributed by atoms with Gasteiger partial charge in [-0.15, -0.1) is 10.2 Å². The van der Waals surface area contributed by atoms with Crippen molar-refractivity contribution in [3.63, 3.8) is 0 Å². The monoisotopic (exact) mass is 342 g/mol. The topological polar surface area (TPSA) is 90.9 Å². The first-order chi connectivity index (χ1) is 11.6. The first-order valence-electron chi connectivity index (χ1n) is 7.10. The molecule has 0 aliphatic carbocycles. The van der Waals surface area contributed by atoms with Gasteiger partial charge in [0, 0.05) is 6.20 Å². The van der Waals surface area contributed by atoms with Crippen molar-refractivity contribution in [2.75, 3.05) is 0 Å². The summed E-state index contributed by atoms with van der Waals surface area (Å²) in [5, 5.41) is 10.8. The maximum atomic E-state index is 13.7. The molecule has 1 amide bonds. The van der Waals surface area contributed by atoms with Crippen LogP contribution in [0, 0.1) is 10.6 Å². The van der Waals surface area contributed by atoms with Crippen LogP contribution in [-0.4, -0.2) is 30.5 Å². The van der Waals surface area contributed by atoms with Crippen molar-refractivity contribution >= 4 is 34.8 Å². The van der Waals surface area contributed by atoms with Crippen LogP contribution in [0.1, 0.15) is 16.2 Å². The van der Waals surface area contributed by atoms with Crippen LogP contribution in [-0.2, 0) is 6.54 Å².